The molecule has 7 heteroatoms. The number of fused-ring (bicyclic) bond motifs is 1. The normalized spacial score (nSPS) is 11.1. The lowest BCUT2D eigenvalue weighted by Crippen LogP contribution is -2.05. The van der Waals surface area contributed by atoms with Crippen molar-refractivity contribution in [3.05, 3.63) is 40.4 Å². The second kappa shape index (κ2) is 6.55. The Hall–Kier alpha value is -2.12. The fourth-order valence-corrected chi connectivity index (χ4v) is 2.98. The molecule has 3 aromatic rings. The van der Waals surface area contributed by atoms with Gasteiger partial charge in [-0.2, -0.15) is 5.10 Å². The van der Waals surface area contributed by atoms with E-state index in [1.54, 1.807) is 30.4 Å². The highest BCUT2D eigenvalue weighted by molar-refractivity contribution is 9.10. The van der Waals surface area contributed by atoms with E-state index in [0.29, 0.717) is 17.8 Å². The quantitative estimate of drug-likeness (QED) is 0.641. The summed E-state index contributed by atoms with van der Waals surface area (Å²) in [6.07, 6.45) is 5.99. The predicted molar refractivity (Wildman–Crippen MR) is 90.2 cm³/mol. The number of hydrogen-bond acceptors (Lipinski definition) is 5. The van der Waals surface area contributed by atoms with Crippen molar-refractivity contribution in [2.75, 3.05) is 7.11 Å². The minimum atomic E-state index is 0.257. The van der Waals surface area contributed by atoms with Crippen molar-refractivity contribution in [2.45, 2.75) is 20.1 Å². The number of nitrogens with zero attached hydrogens (tertiary/aromatic N) is 4. The number of methoxy groups -OCH3 is 1. The Morgan fingerprint density at radius 2 is 2.17 bits per heavy atom. The standard InChI is InChI=1S/C16H15BrN4O2/c1-3-21-16-12(7-19-21)15(10-4-11(17)6-18-5-10)13(8-22)14(20-16)9-23-2/h4-8H,3,9H2,1-2H3. The summed E-state index contributed by atoms with van der Waals surface area (Å²) in [5.41, 5.74) is 3.46. The van der Waals surface area contributed by atoms with Crippen LogP contribution in [0.2, 0.25) is 0 Å². The molecule has 118 valence electrons. The van der Waals surface area contributed by atoms with Crippen molar-refractivity contribution in [3.63, 3.8) is 0 Å². The van der Waals surface area contributed by atoms with Gasteiger partial charge >= 0.3 is 0 Å². The minimum Gasteiger partial charge on any atom is -0.378 e. The summed E-state index contributed by atoms with van der Waals surface area (Å²) in [6.45, 7) is 2.95. The Morgan fingerprint density at radius 3 is 2.83 bits per heavy atom. The second-order valence-electron chi connectivity index (χ2n) is 4.99. The van der Waals surface area contributed by atoms with E-state index in [9.17, 15) is 4.79 Å². The van der Waals surface area contributed by atoms with Crippen LogP contribution < -0.4 is 0 Å². The average molecular weight is 375 g/mol. The van der Waals surface area contributed by atoms with Crippen LogP contribution >= 0.6 is 15.9 Å². The molecule has 0 atom stereocenters. The van der Waals surface area contributed by atoms with E-state index in [-0.39, 0.29) is 6.61 Å². The molecule has 0 saturated carbocycles. The first-order valence-electron chi connectivity index (χ1n) is 7.13. The monoisotopic (exact) mass is 374 g/mol. The summed E-state index contributed by atoms with van der Waals surface area (Å²) in [4.78, 5) is 20.5. The molecule has 0 aliphatic heterocycles. The zero-order valence-electron chi connectivity index (χ0n) is 12.8. The number of aromatic nitrogens is 4. The van der Waals surface area contributed by atoms with Crippen LogP contribution in [0.15, 0.2) is 29.1 Å². The molecule has 0 N–H and O–H groups in total. The second-order valence-corrected chi connectivity index (χ2v) is 5.90. The predicted octanol–water partition coefficient (Wildman–Crippen LogP) is 3.23. The smallest absolute Gasteiger partial charge is 0.158 e. The molecular weight excluding hydrogens is 360 g/mol. The summed E-state index contributed by atoms with van der Waals surface area (Å²) >= 11 is 3.43. The molecule has 0 aromatic carbocycles. The zero-order chi connectivity index (χ0) is 16.4. The third-order valence-electron chi connectivity index (χ3n) is 3.59. The van der Waals surface area contributed by atoms with Gasteiger partial charge in [0.15, 0.2) is 11.9 Å². The molecule has 0 radical (unpaired) electrons. The van der Waals surface area contributed by atoms with Crippen molar-refractivity contribution in [2.24, 2.45) is 0 Å². The van der Waals surface area contributed by atoms with Crippen LogP contribution in [0.4, 0.5) is 0 Å². The number of rotatable bonds is 5. The highest BCUT2D eigenvalue weighted by Gasteiger charge is 2.19. The minimum absolute atomic E-state index is 0.257. The summed E-state index contributed by atoms with van der Waals surface area (Å²) in [6, 6.07) is 1.93. The van der Waals surface area contributed by atoms with E-state index in [1.165, 1.54) is 0 Å². The fourth-order valence-electron chi connectivity index (χ4n) is 2.62. The van der Waals surface area contributed by atoms with Crippen LogP contribution in [-0.4, -0.2) is 33.1 Å². The molecule has 3 rings (SSSR count). The van der Waals surface area contributed by atoms with Gasteiger partial charge in [0.05, 0.1) is 18.5 Å². The molecule has 3 aromatic heterocycles. The summed E-state index contributed by atoms with van der Waals surface area (Å²) in [7, 11) is 1.58. The van der Waals surface area contributed by atoms with Gasteiger partial charge in [-0.3, -0.25) is 9.78 Å². The van der Waals surface area contributed by atoms with Crippen molar-refractivity contribution < 1.29 is 9.53 Å². The van der Waals surface area contributed by atoms with Crippen molar-refractivity contribution in [1.29, 1.82) is 0 Å². The molecule has 0 fully saturated rings. The van der Waals surface area contributed by atoms with Gasteiger partial charge in [-0.25, -0.2) is 9.67 Å². The van der Waals surface area contributed by atoms with E-state index < -0.39 is 0 Å². The number of pyridine rings is 2. The van der Waals surface area contributed by atoms with Crippen LogP contribution in [0.1, 0.15) is 23.0 Å². The lowest BCUT2D eigenvalue weighted by atomic mass is 9.98. The fraction of sp³-hybridized carbons (Fsp3) is 0.250. The van der Waals surface area contributed by atoms with Crippen molar-refractivity contribution in [3.8, 4) is 11.1 Å². The Morgan fingerprint density at radius 1 is 1.35 bits per heavy atom. The van der Waals surface area contributed by atoms with Crippen LogP contribution in [0.5, 0.6) is 0 Å². The van der Waals surface area contributed by atoms with Gasteiger partial charge in [-0.1, -0.05) is 0 Å². The summed E-state index contributed by atoms with van der Waals surface area (Å²) < 4.78 is 7.85. The SMILES string of the molecule is CCn1ncc2c(-c3cncc(Br)c3)c(C=O)c(COC)nc21. The average Bonchev–Trinajstić information content (AvgIpc) is 2.96. The van der Waals surface area contributed by atoms with E-state index in [0.717, 1.165) is 32.9 Å². The number of halogens is 1. The molecule has 3 heterocycles. The van der Waals surface area contributed by atoms with Crippen LogP contribution in [0.3, 0.4) is 0 Å². The number of carbonyl (C=O) groups excluding carboxylic acids is 1. The lowest BCUT2D eigenvalue weighted by Gasteiger charge is -2.12. The number of aryl methyl sites for hydroxylation is 1. The Kier molecular flexibility index (Phi) is 4.49. The van der Waals surface area contributed by atoms with Gasteiger partial charge in [0, 0.05) is 52.6 Å². The molecule has 0 bridgehead atoms. The molecule has 0 unspecified atom stereocenters. The van der Waals surface area contributed by atoms with Crippen LogP contribution in [0.25, 0.3) is 22.2 Å². The zero-order valence-corrected chi connectivity index (χ0v) is 14.4. The molecule has 6 nitrogen and oxygen atoms in total. The number of carbonyl (C=O) groups is 1. The number of ether oxygens (including phenoxy) is 1. The van der Waals surface area contributed by atoms with E-state index >= 15 is 0 Å². The summed E-state index contributed by atoms with van der Waals surface area (Å²) in [5.74, 6) is 0. The summed E-state index contributed by atoms with van der Waals surface area (Å²) in [5, 5.41) is 5.19. The first kappa shape index (κ1) is 15.8. The highest BCUT2D eigenvalue weighted by Crippen LogP contribution is 2.33. The van der Waals surface area contributed by atoms with Crippen LogP contribution in [-0.2, 0) is 17.9 Å². The Bertz CT molecular complexity index is 876. The van der Waals surface area contributed by atoms with Crippen molar-refractivity contribution >= 4 is 33.2 Å². The maximum atomic E-state index is 11.7. The Balaban J connectivity index is 2.40. The van der Waals surface area contributed by atoms with Crippen LogP contribution in [0, 0.1) is 0 Å². The maximum Gasteiger partial charge on any atom is 0.158 e. The largest absolute Gasteiger partial charge is 0.378 e. The molecule has 23 heavy (non-hydrogen) atoms. The highest BCUT2D eigenvalue weighted by atomic mass is 79.9. The lowest BCUT2D eigenvalue weighted by molar-refractivity contribution is 0.111. The maximum absolute atomic E-state index is 11.7. The molecule has 0 amide bonds. The molecule has 0 spiro atoms. The molecule has 0 aliphatic rings. The third-order valence-corrected chi connectivity index (χ3v) is 4.03. The molecule has 0 aliphatic carbocycles. The van der Waals surface area contributed by atoms with Gasteiger partial charge < -0.3 is 4.74 Å². The van der Waals surface area contributed by atoms with Gasteiger partial charge in [0.2, 0.25) is 0 Å². The molecule has 0 saturated heterocycles. The van der Waals surface area contributed by atoms with Gasteiger partial charge in [0.25, 0.3) is 0 Å². The van der Waals surface area contributed by atoms with E-state index in [1.807, 2.05) is 13.0 Å². The van der Waals surface area contributed by atoms with Gasteiger partial charge in [-0.05, 0) is 28.9 Å². The van der Waals surface area contributed by atoms with Crippen molar-refractivity contribution in [1.82, 2.24) is 19.7 Å². The van der Waals surface area contributed by atoms with Gasteiger partial charge in [-0.15, -0.1) is 0 Å². The topological polar surface area (TPSA) is 69.9 Å². The van der Waals surface area contributed by atoms with Gasteiger partial charge in [0.1, 0.15) is 0 Å². The first-order valence-corrected chi connectivity index (χ1v) is 7.92. The third kappa shape index (κ3) is 2.77. The molecular formula is C16H15BrN4O2. The first-order chi connectivity index (χ1) is 11.2. The number of aldehydes is 1. The Labute approximate surface area is 141 Å². The number of hydrogen-bond donors (Lipinski definition) is 0. The van der Waals surface area contributed by atoms with E-state index in [2.05, 4.69) is 31.0 Å². The van der Waals surface area contributed by atoms with E-state index in [4.69, 9.17) is 4.74 Å².